The molecule has 0 aliphatic heterocycles. The largest absolute Gasteiger partial charge is 0.495 e. The summed E-state index contributed by atoms with van der Waals surface area (Å²) in [7, 11) is 1.45. The van der Waals surface area contributed by atoms with E-state index in [0.29, 0.717) is 16.9 Å². The standard InChI is InChI=1S/C12H11NO3/c1-8-3-4-9(7-13)12(16-2)10(8)5-6-11(14)15/h3-6H,1-2H3,(H,14,15)/b6-5+. The van der Waals surface area contributed by atoms with Crippen molar-refractivity contribution in [3.63, 3.8) is 0 Å². The first-order valence-electron chi connectivity index (χ1n) is 4.59. The molecule has 4 nitrogen and oxygen atoms in total. The molecule has 1 rings (SSSR count). The van der Waals surface area contributed by atoms with Gasteiger partial charge in [0.25, 0.3) is 0 Å². The van der Waals surface area contributed by atoms with Crippen LogP contribution in [0.1, 0.15) is 16.7 Å². The summed E-state index contributed by atoms with van der Waals surface area (Å²) in [6.07, 6.45) is 2.45. The number of nitrogens with zero attached hydrogens (tertiary/aromatic N) is 1. The average molecular weight is 217 g/mol. The van der Waals surface area contributed by atoms with Crippen molar-refractivity contribution in [1.82, 2.24) is 0 Å². The molecular formula is C12H11NO3. The molecule has 0 saturated carbocycles. The minimum absolute atomic E-state index is 0.387. The first kappa shape index (κ1) is 11.8. The van der Waals surface area contributed by atoms with Gasteiger partial charge in [-0.3, -0.25) is 0 Å². The quantitative estimate of drug-likeness (QED) is 0.786. The van der Waals surface area contributed by atoms with Gasteiger partial charge in [0.15, 0.2) is 0 Å². The second-order valence-corrected chi connectivity index (χ2v) is 3.16. The topological polar surface area (TPSA) is 70.3 Å². The van der Waals surface area contributed by atoms with Crippen molar-refractivity contribution in [1.29, 1.82) is 5.26 Å². The summed E-state index contributed by atoms with van der Waals surface area (Å²) < 4.78 is 5.11. The van der Waals surface area contributed by atoms with E-state index in [2.05, 4.69) is 0 Å². The Morgan fingerprint density at radius 3 is 2.75 bits per heavy atom. The van der Waals surface area contributed by atoms with Crippen LogP contribution >= 0.6 is 0 Å². The first-order valence-corrected chi connectivity index (χ1v) is 4.59. The van der Waals surface area contributed by atoms with Gasteiger partial charge < -0.3 is 9.84 Å². The zero-order valence-corrected chi connectivity index (χ0v) is 9.02. The highest BCUT2D eigenvalue weighted by atomic mass is 16.5. The maximum atomic E-state index is 10.4. The molecule has 0 bridgehead atoms. The molecule has 0 aromatic heterocycles. The van der Waals surface area contributed by atoms with Crippen molar-refractivity contribution in [2.75, 3.05) is 7.11 Å². The van der Waals surface area contributed by atoms with Crippen LogP contribution in [0.5, 0.6) is 5.75 Å². The molecule has 0 saturated heterocycles. The molecule has 0 amide bonds. The average Bonchev–Trinajstić information content (AvgIpc) is 2.26. The highest BCUT2D eigenvalue weighted by molar-refractivity contribution is 5.86. The molecule has 0 aliphatic carbocycles. The minimum Gasteiger partial charge on any atom is -0.495 e. The van der Waals surface area contributed by atoms with Crippen LogP contribution in [0, 0.1) is 18.3 Å². The number of carbonyl (C=O) groups is 1. The number of aryl methyl sites for hydroxylation is 1. The Labute approximate surface area is 93.4 Å². The predicted octanol–water partition coefficient (Wildman–Crippen LogP) is 1.97. The van der Waals surface area contributed by atoms with Crippen molar-refractivity contribution in [3.05, 3.63) is 34.9 Å². The zero-order chi connectivity index (χ0) is 12.1. The number of hydrogen-bond acceptors (Lipinski definition) is 3. The van der Waals surface area contributed by atoms with Gasteiger partial charge in [0, 0.05) is 11.6 Å². The van der Waals surface area contributed by atoms with Crippen molar-refractivity contribution in [3.8, 4) is 11.8 Å². The van der Waals surface area contributed by atoms with E-state index in [1.807, 2.05) is 13.0 Å². The van der Waals surface area contributed by atoms with E-state index in [0.717, 1.165) is 11.6 Å². The van der Waals surface area contributed by atoms with Gasteiger partial charge in [-0.25, -0.2) is 4.79 Å². The van der Waals surface area contributed by atoms with Gasteiger partial charge in [0.1, 0.15) is 11.8 Å². The lowest BCUT2D eigenvalue weighted by Crippen LogP contribution is -1.95. The number of carboxylic acids is 1. The third-order valence-corrected chi connectivity index (χ3v) is 2.13. The molecule has 4 heteroatoms. The molecular weight excluding hydrogens is 206 g/mol. The highest BCUT2D eigenvalue weighted by Crippen LogP contribution is 2.27. The number of methoxy groups -OCH3 is 1. The van der Waals surface area contributed by atoms with Crippen LogP contribution in [0.2, 0.25) is 0 Å². The second-order valence-electron chi connectivity index (χ2n) is 3.16. The second kappa shape index (κ2) is 4.99. The lowest BCUT2D eigenvalue weighted by molar-refractivity contribution is -0.131. The van der Waals surface area contributed by atoms with Gasteiger partial charge in [-0.2, -0.15) is 5.26 Å². The number of benzene rings is 1. The summed E-state index contributed by atoms with van der Waals surface area (Å²) in [5.41, 5.74) is 1.86. The zero-order valence-electron chi connectivity index (χ0n) is 9.02. The molecule has 82 valence electrons. The number of hydrogen-bond donors (Lipinski definition) is 1. The fourth-order valence-corrected chi connectivity index (χ4v) is 1.37. The van der Waals surface area contributed by atoms with E-state index in [-0.39, 0.29) is 0 Å². The lowest BCUT2D eigenvalue weighted by atomic mass is 10.0. The maximum absolute atomic E-state index is 10.4. The van der Waals surface area contributed by atoms with Gasteiger partial charge in [-0.05, 0) is 24.6 Å². The summed E-state index contributed by atoms with van der Waals surface area (Å²) in [4.78, 5) is 10.4. The Hall–Kier alpha value is -2.28. The molecule has 0 atom stereocenters. The molecule has 1 aromatic rings. The summed E-state index contributed by atoms with van der Waals surface area (Å²) in [6, 6.07) is 5.39. The van der Waals surface area contributed by atoms with Crippen molar-refractivity contribution < 1.29 is 14.6 Å². The number of carboxylic acid groups (broad SMARTS) is 1. The molecule has 1 N–H and O–H groups in total. The molecule has 0 aliphatic rings. The normalized spacial score (nSPS) is 10.1. The van der Waals surface area contributed by atoms with Crippen LogP contribution in [0.25, 0.3) is 6.08 Å². The number of ether oxygens (including phenoxy) is 1. The molecule has 0 radical (unpaired) electrons. The Morgan fingerprint density at radius 1 is 1.56 bits per heavy atom. The fourth-order valence-electron chi connectivity index (χ4n) is 1.37. The predicted molar refractivity (Wildman–Crippen MR) is 59.1 cm³/mol. The van der Waals surface area contributed by atoms with E-state index in [1.165, 1.54) is 13.2 Å². The monoisotopic (exact) mass is 217 g/mol. The smallest absolute Gasteiger partial charge is 0.328 e. The van der Waals surface area contributed by atoms with Crippen molar-refractivity contribution in [2.45, 2.75) is 6.92 Å². The van der Waals surface area contributed by atoms with Crippen LogP contribution in [0.3, 0.4) is 0 Å². The molecule has 0 unspecified atom stereocenters. The van der Waals surface area contributed by atoms with Crippen LogP contribution in [-0.2, 0) is 4.79 Å². The fraction of sp³-hybridized carbons (Fsp3) is 0.167. The summed E-state index contributed by atoms with van der Waals surface area (Å²) >= 11 is 0. The molecule has 0 fully saturated rings. The summed E-state index contributed by atoms with van der Waals surface area (Å²) in [5.74, 6) is -0.635. The Morgan fingerprint density at radius 2 is 2.25 bits per heavy atom. The van der Waals surface area contributed by atoms with Gasteiger partial charge in [0.05, 0.1) is 12.7 Å². The van der Waals surface area contributed by atoms with Gasteiger partial charge >= 0.3 is 5.97 Å². The molecule has 0 heterocycles. The van der Waals surface area contributed by atoms with Crippen molar-refractivity contribution >= 4 is 12.0 Å². The minimum atomic E-state index is -1.04. The Kier molecular flexibility index (Phi) is 3.67. The van der Waals surface area contributed by atoms with E-state index in [1.54, 1.807) is 12.1 Å². The first-order chi connectivity index (χ1) is 7.60. The van der Waals surface area contributed by atoms with Crippen LogP contribution < -0.4 is 4.74 Å². The third kappa shape index (κ3) is 2.39. The van der Waals surface area contributed by atoms with E-state index >= 15 is 0 Å². The molecule has 16 heavy (non-hydrogen) atoms. The molecule has 0 spiro atoms. The number of rotatable bonds is 3. The van der Waals surface area contributed by atoms with Crippen LogP contribution in [0.15, 0.2) is 18.2 Å². The van der Waals surface area contributed by atoms with Gasteiger partial charge in [0.2, 0.25) is 0 Å². The van der Waals surface area contributed by atoms with Crippen LogP contribution in [-0.4, -0.2) is 18.2 Å². The van der Waals surface area contributed by atoms with Gasteiger partial charge in [-0.1, -0.05) is 6.07 Å². The number of nitriles is 1. The number of aliphatic carboxylic acids is 1. The van der Waals surface area contributed by atoms with E-state index in [9.17, 15) is 4.79 Å². The Balaban J connectivity index is 3.35. The summed E-state index contributed by atoms with van der Waals surface area (Å²) in [6.45, 7) is 1.82. The third-order valence-electron chi connectivity index (χ3n) is 2.13. The van der Waals surface area contributed by atoms with E-state index < -0.39 is 5.97 Å². The SMILES string of the molecule is COc1c(C#N)ccc(C)c1/C=C/C(=O)O. The van der Waals surface area contributed by atoms with Crippen LogP contribution in [0.4, 0.5) is 0 Å². The Bertz CT molecular complexity index is 484. The van der Waals surface area contributed by atoms with E-state index in [4.69, 9.17) is 15.1 Å². The van der Waals surface area contributed by atoms with Crippen molar-refractivity contribution in [2.24, 2.45) is 0 Å². The highest BCUT2D eigenvalue weighted by Gasteiger charge is 2.09. The molecule has 1 aromatic carbocycles. The van der Waals surface area contributed by atoms with Gasteiger partial charge in [-0.15, -0.1) is 0 Å². The summed E-state index contributed by atoms with van der Waals surface area (Å²) in [5, 5.41) is 17.4. The lowest BCUT2D eigenvalue weighted by Gasteiger charge is -2.09. The maximum Gasteiger partial charge on any atom is 0.328 e.